The topological polar surface area (TPSA) is 0 Å². The third-order valence-electron chi connectivity index (χ3n) is 6.37. The molecule has 4 heteroatoms. The van der Waals surface area contributed by atoms with Crippen molar-refractivity contribution in [3.63, 3.8) is 0 Å². The molecule has 0 spiro atoms. The molecule has 0 saturated carbocycles. The predicted octanol–water partition coefficient (Wildman–Crippen LogP) is 6.95. The van der Waals surface area contributed by atoms with Gasteiger partial charge in [0.2, 0.25) is 0 Å². The van der Waals surface area contributed by atoms with E-state index in [-0.39, 0.29) is 7.92 Å². The first kappa shape index (κ1) is 22.8. The van der Waals surface area contributed by atoms with Gasteiger partial charge in [-0.25, -0.2) is 0 Å². The van der Waals surface area contributed by atoms with Gasteiger partial charge in [-0.2, -0.15) is 0 Å². The Kier molecular flexibility index (Phi) is 6.84. The molecule has 0 unspecified atom stereocenters. The van der Waals surface area contributed by atoms with Gasteiger partial charge in [0.25, 0.3) is 0 Å². The Morgan fingerprint density at radius 2 is 0.852 bits per heavy atom. The lowest BCUT2D eigenvalue weighted by atomic mass is 10.4. The van der Waals surface area contributed by atoms with Crippen LogP contribution >= 0.6 is 7.92 Å². The molecule has 0 aliphatic rings. The molecule has 0 aliphatic carbocycles. The molecular weight excluding hydrogens is 391 g/mol. The van der Waals surface area contributed by atoms with Crippen LogP contribution in [0.3, 0.4) is 0 Å². The second-order valence-corrected chi connectivity index (χ2v) is 30.7. The van der Waals surface area contributed by atoms with E-state index in [9.17, 15) is 0 Å². The second-order valence-electron chi connectivity index (χ2n) is 10.9. The van der Waals surface area contributed by atoms with Gasteiger partial charge in [-0.3, -0.25) is 0 Å². The van der Waals surface area contributed by atoms with Crippen LogP contribution in [0.5, 0.6) is 0 Å². The number of hydrogen-bond acceptors (Lipinski definition) is 0. The molecule has 2 rings (SSSR count). The lowest BCUT2D eigenvalue weighted by Gasteiger charge is -2.60. The van der Waals surface area contributed by atoms with E-state index >= 15 is 0 Å². The summed E-state index contributed by atoms with van der Waals surface area (Å²) < 4.78 is 0.588. The molecule has 27 heavy (non-hydrogen) atoms. The Labute approximate surface area is 172 Å². The summed E-state index contributed by atoms with van der Waals surface area (Å²) in [5.74, 6) is 0. The number of rotatable bonds is 7. The van der Waals surface area contributed by atoms with Crippen molar-refractivity contribution in [2.75, 3.05) is 6.16 Å². The molecule has 0 aliphatic heterocycles. The highest BCUT2D eigenvalue weighted by Crippen LogP contribution is 2.59. The zero-order valence-electron chi connectivity index (χ0n) is 18.9. The van der Waals surface area contributed by atoms with E-state index in [1.165, 1.54) is 6.16 Å². The van der Waals surface area contributed by atoms with Crippen molar-refractivity contribution < 1.29 is 0 Å². The molecule has 0 nitrogen and oxygen atoms in total. The summed E-state index contributed by atoms with van der Waals surface area (Å²) in [6.45, 7) is 23.9. The molecule has 0 bridgehead atoms. The summed E-state index contributed by atoms with van der Waals surface area (Å²) in [5, 5.41) is 3.11. The summed E-state index contributed by atoms with van der Waals surface area (Å²) in [5.41, 5.74) is 0. The molecule has 0 atom stereocenters. The minimum absolute atomic E-state index is 0.327. The summed E-state index contributed by atoms with van der Waals surface area (Å²) in [7, 11) is -4.52. The summed E-state index contributed by atoms with van der Waals surface area (Å²) in [6.07, 6.45) is 1.39. The van der Waals surface area contributed by atoms with Crippen LogP contribution in [-0.2, 0) is 0 Å². The highest BCUT2D eigenvalue weighted by molar-refractivity contribution is 7.73. The van der Waals surface area contributed by atoms with Gasteiger partial charge in [-0.15, -0.1) is 0 Å². The van der Waals surface area contributed by atoms with E-state index in [0.29, 0.717) is 4.28 Å². The summed E-state index contributed by atoms with van der Waals surface area (Å²) >= 11 is 0. The van der Waals surface area contributed by atoms with Crippen LogP contribution in [-0.4, -0.2) is 30.4 Å². The van der Waals surface area contributed by atoms with Gasteiger partial charge in [-0.1, -0.05) is 120 Å². The molecular formula is C23H39PSi3. The lowest BCUT2D eigenvalue weighted by molar-refractivity contribution is 1.02. The fourth-order valence-corrected chi connectivity index (χ4v) is 42.2. The van der Waals surface area contributed by atoms with E-state index in [2.05, 4.69) is 120 Å². The average molecular weight is 431 g/mol. The van der Waals surface area contributed by atoms with Crippen LogP contribution in [0.1, 0.15) is 0 Å². The molecule has 0 heterocycles. The fourth-order valence-electron chi connectivity index (χ4n) is 5.87. The van der Waals surface area contributed by atoms with Gasteiger partial charge in [0.1, 0.15) is 0 Å². The Morgan fingerprint density at radius 1 is 0.556 bits per heavy atom. The van der Waals surface area contributed by atoms with E-state index in [0.717, 1.165) is 0 Å². The molecule has 2 aromatic carbocycles. The van der Waals surface area contributed by atoms with Gasteiger partial charge < -0.3 is 0 Å². The van der Waals surface area contributed by atoms with Crippen LogP contribution in [0.25, 0.3) is 0 Å². The second kappa shape index (κ2) is 8.10. The molecule has 148 valence electrons. The van der Waals surface area contributed by atoms with E-state index in [4.69, 9.17) is 0 Å². The SMILES string of the molecule is C[Si](C)(C)C(CP(c1ccccc1)c1ccccc1)([Si](C)(C)C)[Si](C)(C)C. The average Bonchev–Trinajstić information content (AvgIpc) is 2.53. The largest absolute Gasteiger partial charge is 0.0695 e. The van der Waals surface area contributed by atoms with Crippen LogP contribution in [0, 0.1) is 0 Å². The molecule has 0 aromatic heterocycles. The van der Waals surface area contributed by atoms with Crippen LogP contribution < -0.4 is 10.6 Å². The maximum absolute atomic E-state index is 2.66. The zero-order chi connectivity index (χ0) is 20.5. The minimum Gasteiger partial charge on any atom is -0.0695 e. The van der Waals surface area contributed by atoms with Gasteiger partial charge >= 0.3 is 0 Å². The molecule has 0 fully saturated rings. The Morgan fingerprint density at radius 3 is 1.11 bits per heavy atom. The Bertz CT molecular complexity index is 647. The minimum atomic E-state index is -1.40. The quantitative estimate of drug-likeness (QED) is 0.329. The standard InChI is InChI=1S/C23H39PSi3/c1-25(2,3)23(26(4,5)6,27(7,8)9)20-24(21-16-12-10-13-17-21)22-18-14-11-15-19-22/h10-19H,20H2,1-9H3. The van der Waals surface area contributed by atoms with Crippen molar-refractivity contribution in [3.05, 3.63) is 60.7 Å². The van der Waals surface area contributed by atoms with E-state index in [1.807, 2.05) is 0 Å². The smallest absolute Gasteiger partial charge is 0.0456 e. The summed E-state index contributed by atoms with van der Waals surface area (Å²) in [6, 6.07) is 22.7. The van der Waals surface area contributed by atoms with Crippen molar-refractivity contribution in [2.45, 2.75) is 63.2 Å². The van der Waals surface area contributed by atoms with Crippen LogP contribution in [0.2, 0.25) is 63.2 Å². The lowest BCUT2D eigenvalue weighted by Crippen LogP contribution is -2.67. The Hall–Kier alpha value is -0.479. The maximum atomic E-state index is 2.66. The van der Waals surface area contributed by atoms with Crippen molar-refractivity contribution in [2.24, 2.45) is 0 Å². The molecule has 0 N–H and O–H groups in total. The first-order chi connectivity index (χ1) is 12.3. The number of hydrogen-bond donors (Lipinski definition) is 0. The number of benzene rings is 2. The van der Waals surface area contributed by atoms with E-state index < -0.39 is 24.2 Å². The molecule has 0 radical (unpaired) electrons. The third kappa shape index (κ3) is 4.58. The predicted molar refractivity (Wildman–Crippen MR) is 137 cm³/mol. The maximum Gasteiger partial charge on any atom is 0.0456 e. The molecule has 2 aromatic rings. The van der Waals surface area contributed by atoms with Gasteiger partial charge in [0, 0.05) is 24.2 Å². The van der Waals surface area contributed by atoms with Crippen molar-refractivity contribution in [1.29, 1.82) is 0 Å². The van der Waals surface area contributed by atoms with Crippen molar-refractivity contribution in [3.8, 4) is 0 Å². The molecule has 0 saturated heterocycles. The van der Waals surface area contributed by atoms with Gasteiger partial charge in [0.05, 0.1) is 0 Å². The Balaban J connectivity index is 2.71. The first-order valence-corrected chi connectivity index (χ1v) is 22.2. The fraction of sp³-hybridized carbons (Fsp3) is 0.478. The van der Waals surface area contributed by atoms with Gasteiger partial charge in [-0.05, 0) is 29.0 Å². The van der Waals surface area contributed by atoms with Crippen molar-refractivity contribution in [1.82, 2.24) is 0 Å². The first-order valence-electron chi connectivity index (χ1n) is 10.2. The molecule has 0 amide bonds. The highest BCUT2D eigenvalue weighted by Gasteiger charge is 2.60. The van der Waals surface area contributed by atoms with E-state index in [1.54, 1.807) is 10.6 Å². The van der Waals surface area contributed by atoms with Crippen LogP contribution in [0.15, 0.2) is 60.7 Å². The highest BCUT2D eigenvalue weighted by atomic mass is 31.1. The van der Waals surface area contributed by atoms with Crippen LogP contribution in [0.4, 0.5) is 0 Å². The zero-order valence-corrected chi connectivity index (χ0v) is 22.8. The normalized spacial score (nSPS) is 13.9. The van der Waals surface area contributed by atoms with Crippen molar-refractivity contribution >= 4 is 42.8 Å². The summed E-state index contributed by atoms with van der Waals surface area (Å²) in [4.78, 5) is 0. The van der Waals surface area contributed by atoms with Gasteiger partial charge in [0.15, 0.2) is 0 Å². The monoisotopic (exact) mass is 430 g/mol. The third-order valence-corrected chi connectivity index (χ3v) is 31.6.